The molecule has 0 amide bonds. The van der Waals surface area contributed by atoms with Crippen LogP contribution in [0.25, 0.3) is 0 Å². The van der Waals surface area contributed by atoms with Gasteiger partial charge in [0.15, 0.2) is 0 Å². The predicted molar refractivity (Wildman–Crippen MR) is 125 cm³/mol. The van der Waals surface area contributed by atoms with Gasteiger partial charge < -0.3 is 9.47 Å². The number of para-hydroxylation sites is 1. The van der Waals surface area contributed by atoms with Crippen molar-refractivity contribution in [1.82, 2.24) is 9.29 Å². The molecular formula is C26H28N2O4S. The van der Waals surface area contributed by atoms with E-state index >= 15 is 0 Å². The molecule has 172 valence electrons. The van der Waals surface area contributed by atoms with Crippen molar-refractivity contribution in [1.29, 1.82) is 0 Å². The summed E-state index contributed by atoms with van der Waals surface area (Å²) in [5.41, 5.74) is 6.12. The van der Waals surface area contributed by atoms with Crippen molar-refractivity contribution >= 4 is 10.0 Å². The average Bonchev–Trinajstić information content (AvgIpc) is 2.83. The van der Waals surface area contributed by atoms with Gasteiger partial charge in [-0.25, -0.2) is 8.42 Å². The molecule has 0 saturated heterocycles. The summed E-state index contributed by atoms with van der Waals surface area (Å²) >= 11 is 0. The number of benzene rings is 2. The van der Waals surface area contributed by atoms with Crippen molar-refractivity contribution in [2.45, 2.75) is 57.4 Å². The fraction of sp³-hybridized carbons (Fsp3) is 0.346. The van der Waals surface area contributed by atoms with Crippen molar-refractivity contribution in [3.05, 3.63) is 88.2 Å². The van der Waals surface area contributed by atoms with Gasteiger partial charge in [0.25, 0.3) is 0 Å². The topological polar surface area (TPSA) is 68.7 Å². The first-order valence-corrected chi connectivity index (χ1v) is 12.7. The highest BCUT2D eigenvalue weighted by Gasteiger charge is 2.33. The maximum absolute atomic E-state index is 13.3. The van der Waals surface area contributed by atoms with E-state index in [2.05, 4.69) is 6.92 Å². The molecule has 3 heterocycles. The number of sulfonamides is 1. The van der Waals surface area contributed by atoms with E-state index in [0.29, 0.717) is 37.6 Å². The first-order valence-electron chi connectivity index (χ1n) is 11.3. The maximum atomic E-state index is 13.3. The van der Waals surface area contributed by atoms with E-state index < -0.39 is 10.0 Å². The molecule has 1 atom stereocenters. The fourth-order valence-electron chi connectivity index (χ4n) is 4.55. The zero-order valence-corrected chi connectivity index (χ0v) is 19.8. The first kappa shape index (κ1) is 22.1. The predicted octanol–water partition coefficient (Wildman–Crippen LogP) is 4.18. The van der Waals surface area contributed by atoms with Gasteiger partial charge in [0.2, 0.25) is 10.0 Å². The van der Waals surface area contributed by atoms with E-state index in [1.54, 1.807) is 16.4 Å². The molecule has 33 heavy (non-hydrogen) atoms. The summed E-state index contributed by atoms with van der Waals surface area (Å²) in [5.74, 6) is 0.807. The summed E-state index contributed by atoms with van der Waals surface area (Å²) in [5, 5.41) is 0. The summed E-state index contributed by atoms with van der Waals surface area (Å²) in [7, 11) is -3.58. The normalized spacial score (nSPS) is 18.4. The lowest BCUT2D eigenvalue weighted by molar-refractivity contribution is 0.0391. The monoisotopic (exact) mass is 464 g/mol. The standard InChI is InChI=1S/C26H28N2O4S/c1-18-8-10-21(11-9-18)33(29,30)28-13-12-25-23(15-28)24-16-31-19(2)14-22(24)26(27-25)17-32-20-6-4-3-5-7-20/h3-11,19H,12-17H2,1-2H3/t19-/m0/s1. The Labute approximate surface area is 195 Å². The molecule has 3 aromatic rings. The van der Waals surface area contributed by atoms with Crippen LogP contribution in [-0.4, -0.2) is 30.4 Å². The van der Waals surface area contributed by atoms with Gasteiger partial charge in [-0.05, 0) is 54.8 Å². The summed E-state index contributed by atoms with van der Waals surface area (Å²) in [6.07, 6.45) is 1.40. The molecule has 0 spiro atoms. The lowest BCUT2D eigenvalue weighted by Crippen LogP contribution is -2.38. The van der Waals surface area contributed by atoms with Crippen LogP contribution in [-0.2, 0) is 47.4 Å². The fourth-order valence-corrected chi connectivity index (χ4v) is 5.96. The van der Waals surface area contributed by atoms with Gasteiger partial charge in [0.05, 0.1) is 23.3 Å². The molecule has 1 aromatic heterocycles. The number of rotatable bonds is 5. The van der Waals surface area contributed by atoms with Crippen LogP contribution in [0.4, 0.5) is 0 Å². The number of aromatic nitrogens is 1. The van der Waals surface area contributed by atoms with Crippen LogP contribution in [0, 0.1) is 6.92 Å². The lowest BCUT2D eigenvalue weighted by atomic mass is 9.91. The van der Waals surface area contributed by atoms with E-state index in [1.807, 2.05) is 49.4 Å². The van der Waals surface area contributed by atoms with Gasteiger partial charge in [0.1, 0.15) is 12.4 Å². The Balaban J connectivity index is 1.47. The minimum absolute atomic E-state index is 0.0869. The van der Waals surface area contributed by atoms with Gasteiger partial charge >= 0.3 is 0 Å². The zero-order chi connectivity index (χ0) is 23.0. The first-order chi connectivity index (χ1) is 15.9. The summed E-state index contributed by atoms with van der Waals surface area (Å²) in [4.78, 5) is 5.30. The van der Waals surface area contributed by atoms with Crippen molar-refractivity contribution in [3.8, 4) is 5.75 Å². The quantitative estimate of drug-likeness (QED) is 0.567. The highest BCUT2D eigenvalue weighted by Crippen LogP contribution is 2.33. The number of pyridine rings is 1. The highest BCUT2D eigenvalue weighted by molar-refractivity contribution is 7.89. The number of hydrogen-bond acceptors (Lipinski definition) is 5. The van der Waals surface area contributed by atoms with Crippen LogP contribution in [0.5, 0.6) is 5.75 Å². The van der Waals surface area contributed by atoms with Crippen LogP contribution in [0.3, 0.4) is 0 Å². The van der Waals surface area contributed by atoms with Crippen LogP contribution in [0.2, 0.25) is 0 Å². The van der Waals surface area contributed by atoms with Crippen LogP contribution >= 0.6 is 0 Å². The van der Waals surface area contributed by atoms with Gasteiger partial charge in [-0.2, -0.15) is 4.31 Å². The molecule has 6 nitrogen and oxygen atoms in total. The molecule has 0 fully saturated rings. The molecule has 0 unspecified atom stereocenters. The second-order valence-electron chi connectivity index (χ2n) is 8.77. The molecule has 2 aliphatic rings. The highest BCUT2D eigenvalue weighted by atomic mass is 32.2. The Kier molecular flexibility index (Phi) is 5.95. The van der Waals surface area contributed by atoms with Crippen LogP contribution in [0.15, 0.2) is 59.5 Å². The second kappa shape index (κ2) is 8.89. The Morgan fingerprint density at radius 2 is 1.82 bits per heavy atom. The molecule has 2 aromatic carbocycles. The number of nitrogens with zero attached hydrogens (tertiary/aromatic N) is 2. The Hall–Kier alpha value is -2.74. The Morgan fingerprint density at radius 1 is 1.06 bits per heavy atom. The minimum atomic E-state index is -3.58. The number of hydrogen-bond donors (Lipinski definition) is 0. The van der Waals surface area contributed by atoms with Crippen LogP contribution < -0.4 is 4.74 Å². The molecule has 0 bridgehead atoms. The molecular weight excluding hydrogens is 436 g/mol. The molecule has 0 saturated carbocycles. The number of fused-ring (bicyclic) bond motifs is 3. The van der Waals surface area contributed by atoms with E-state index in [4.69, 9.17) is 14.5 Å². The molecule has 7 heteroatoms. The third kappa shape index (κ3) is 4.40. The van der Waals surface area contributed by atoms with Gasteiger partial charge in [-0.1, -0.05) is 35.9 Å². The summed E-state index contributed by atoms with van der Waals surface area (Å²) in [6, 6.07) is 16.8. The van der Waals surface area contributed by atoms with E-state index in [9.17, 15) is 8.42 Å². The van der Waals surface area contributed by atoms with Gasteiger partial charge in [0, 0.05) is 31.6 Å². The van der Waals surface area contributed by atoms with E-state index in [0.717, 1.165) is 45.8 Å². The number of ether oxygens (including phenoxy) is 2. The molecule has 0 N–H and O–H groups in total. The van der Waals surface area contributed by atoms with E-state index in [1.165, 1.54) is 0 Å². The van der Waals surface area contributed by atoms with Crippen LogP contribution in [0.1, 0.15) is 40.6 Å². The largest absolute Gasteiger partial charge is 0.487 e. The summed E-state index contributed by atoms with van der Waals surface area (Å²) in [6.45, 7) is 5.59. The smallest absolute Gasteiger partial charge is 0.243 e. The van der Waals surface area contributed by atoms with Crippen molar-refractivity contribution in [3.63, 3.8) is 0 Å². The van der Waals surface area contributed by atoms with Gasteiger partial charge in [-0.15, -0.1) is 0 Å². The van der Waals surface area contributed by atoms with Gasteiger partial charge in [-0.3, -0.25) is 4.98 Å². The van der Waals surface area contributed by atoms with Crippen molar-refractivity contribution in [2.24, 2.45) is 0 Å². The lowest BCUT2D eigenvalue weighted by Gasteiger charge is -2.33. The van der Waals surface area contributed by atoms with Crippen molar-refractivity contribution < 1.29 is 17.9 Å². The molecule has 5 rings (SSSR count). The average molecular weight is 465 g/mol. The maximum Gasteiger partial charge on any atom is 0.243 e. The molecule has 2 aliphatic heterocycles. The number of aryl methyl sites for hydroxylation is 1. The molecule has 0 radical (unpaired) electrons. The molecule has 0 aliphatic carbocycles. The SMILES string of the molecule is Cc1ccc(S(=O)(=O)N2CCc3nc(COc4ccccc4)c4c(c3C2)CO[C@@H](C)C4)cc1. The Morgan fingerprint density at radius 3 is 2.58 bits per heavy atom. The third-order valence-electron chi connectivity index (χ3n) is 6.41. The Bertz CT molecular complexity index is 1260. The summed E-state index contributed by atoms with van der Waals surface area (Å²) < 4.78 is 40.2. The third-order valence-corrected chi connectivity index (χ3v) is 8.27. The minimum Gasteiger partial charge on any atom is -0.487 e. The van der Waals surface area contributed by atoms with E-state index in [-0.39, 0.29) is 6.10 Å². The zero-order valence-electron chi connectivity index (χ0n) is 19.0. The second-order valence-corrected chi connectivity index (χ2v) is 10.7. The van der Waals surface area contributed by atoms with Crippen molar-refractivity contribution in [2.75, 3.05) is 6.54 Å².